The summed E-state index contributed by atoms with van der Waals surface area (Å²) in [4.78, 5) is 15.2. The summed E-state index contributed by atoms with van der Waals surface area (Å²) in [5, 5.41) is 0. The highest BCUT2D eigenvalue weighted by atomic mass is 16.1. The summed E-state index contributed by atoms with van der Waals surface area (Å²) in [6.45, 7) is 9.80. The molecule has 0 spiro atoms. The minimum Gasteiger partial charge on any atom is -0.324 e. The normalized spacial score (nSPS) is 9.93. The molecule has 0 fully saturated rings. The highest BCUT2D eigenvalue weighted by Crippen LogP contribution is 2.08. The van der Waals surface area contributed by atoms with E-state index in [-0.39, 0.29) is 5.78 Å². The number of carbonyl (C=O) groups excluding carboxylic acids is 1. The third-order valence-corrected chi connectivity index (χ3v) is 2.13. The molecule has 0 bridgehead atoms. The number of nitrogens with zero attached hydrogens (tertiary/aromatic N) is 2. The summed E-state index contributed by atoms with van der Waals surface area (Å²) in [5.74, 6) is 0.478. The fraction of sp³-hybridized carbons (Fsp3) is 0.333. The van der Waals surface area contributed by atoms with Crippen LogP contribution < -0.4 is 0 Å². The number of rotatable bonds is 6. The first-order chi connectivity index (χ1) is 7.15. The lowest BCUT2D eigenvalue weighted by Crippen LogP contribution is -2.08. The van der Waals surface area contributed by atoms with Gasteiger partial charge in [0.15, 0.2) is 11.6 Å². The van der Waals surface area contributed by atoms with Crippen molar-refractivity contribution in [2.24, 2.45) is 0 Å². The van der Waals surface area contributed by atoms with Crippen LogP contribution in [0.5, 0.6) is 0 Å². The van der Waals surface area contributed by atoms with Crippen LogP contribution in [0.4, 0.5) is 0 Å². The summed E-state index contributed by atoms with van der Waals surface area (Å²) < 4.78 is 1.83. The summed E-state index contributed by atoms with van der Waals surface area (Å²) >= 11 is 0. The van der Waals surface area contributed by atoms with Crippen LogP contribution in [0.15, 0.2) is 37.2 Å². The van der Waals surface area contributed by atoms with E-state index in [4.69, 9.17) is 0 Å². The highest BCUT2D eigenvalue weighted by Gasteiger charge is 2.07. The van der Waals surface area contributed by atoms with E-state index in [1.165, 1.54) is 6.92 Å². The predicted octanol–water partition coefficient (Wildman–Crippen LogP) is 2.61. The van der Waals surface area contributed by atoms with Crippen molar-refractivity contribution in [1.29, 1.82) is 0 Å². The third kappa shape index (κ3) is 3.20. The van der Waals surface area contributed by atoms with Gasteiger partial charge < -0.3 is 4.57 Å². The van der Waals surface area contributed by atoms with Crippen LogP contribution in [0.1, 0.15) is 30.4 Å². The van der Waals surface area contributed by atoms with Gasteiger partial charge in [-0.05, 0) is 12.8 Å². The Balaban J connectivity index is 2.64. The molecule has 0 unspecified atom stereocenters. The number of ketones is 1. The van der Waals surface area contributed by atoms with E-state index < -0.39 is 0 Å². The molecule has 1 aromatic heterocycles. The number of hydrogen-bond donors (Lipinski definition) is 0. The summed E-state index contributed by atoms with van der Waals surface area (Å²) in [5.41, 5.74) is 1.08. The van der Waals surface area contributed by atoms with E-state index in [1.54, 1.807) is 12.4 Å². The lowest BCUT2D eigenvalue weighted by atomic mass is 10.1. The van der Waals surface area contributed by atoms with E-state index in [9.17, 15) is 4.79 Å². The zero-order valence-electron chi connectivity index (χ0n) is 9.07. The van der Waals surface area contributed by atoms with Crippen molar-refractivity contribution in [3.8, 4) is 0 Å². The Kier molecular flexibility index (Phi) is 4.03. The van der Waals surface area contributed by atoms with Gasteiger partial charge in [-0.1, -0.05) is 18.2 Å². The van der Waals surface area contributed by atoms with Gasteiger partial charge in [0.2, 0.25) is 0 Å². The Morgan fingerprint density at radius 1 is 1.67 bits per heavy atom. The standard InChI is InChI=1S/C12H16N2O/c1-4-5-6-10(2)9-14-8-7-13-12(14)11(3)15/h4,7-8H,1-2,5-6,9H2,3H3. The van der Waals surface area contributed by atoms with E-state index in [0.29, 0.717) is 12.4 Å². The number of hydrogen-bond acceptors (Lipinski definition) is 2. The molecule has 0 aliphatic carbocycles. The molecule has 0 saturated carbocycles. The molecule has 0 amide bonds. The quantitative estimate of drug-likeness (QED) is 0.527. The van der Waals surface area contributed by atoms with Gasteiger partial charge in [0, 0.05) is 25.9 Å². The molecule has 80 valence electrons. The van der Waals surface area contributed by atoms with Gasteiger partial charge in [0.25, 0.3) is 0 Å². The second-order valence-electron chi connectivity index (χ2n) is 3.51. The molecule has 15 heavy (non-hydrogen) atoms. The summed E-state index contributed by atoms with van der Waals surface area (Å²) in [6.07, 6.45) is 7.13. The van der Waals surface area contributed by atoms with Crippen LogP contribution in [-0.2, 0) is 6.54 Å². The van der Waals surface area contributed by atoms with Crippen molar-refractivity contribution in [3.05, 3.63) is 43.0 Å². The first-order valence-corrected chi connectivity index (χ1v) is 4.94. The van der Waals surface area contributed by atoms with Crippen LogP contribution in [0, 0.1) is 0 Å². The van der Waals surface area contributed by atoms with Gasteiger partial charge >= 0.3 is 0 Å². The van der Waals surface area contributed by atoms with Crippen molar-refractivity contribution in [2.45, 2.75) is 26.3 Å². The second-order valence-corrected chi connectivity index (χ2v) is 3.51. The predicted molar refractivity (Wildman–Crippen MR) is 60.8 cm³/mol. The first-order valence-electron chi connectivity index (χ1n) is 4.94. The summed E-state index contributed by atoms with van der Waals surface area (Å²) in [7, 11) is 0. The van der Waals surface area contributed by atoms with Crippen LogP contribution >= 0.6 is 0 Å². The van der Waals surface area contributed by atoms with E-state index >= 15 is 0 Å². The second kappa shape index (κ2) is 5.29. The lowest BCUT2D eigenvalue weighted by Gasteiger charge is -2.07. The van der Waals surface area contributed by atoms with Crippen molar-refractivity contribution in [3.63, 3.8) is 0 Å². The smallest absolute Gasteiger partial charge is 0.195 e. The van der Waals surface area contributed by atoms with E-state index in [2.05, 4.69) is 18.1 Å². The summed E-state index contributed by atoms with van der Waals surface area (Å²) in [6, 6.07) is 0. The minimum atomic E-state index is -0.0171. The number of aromatic nitrogens is 2. The molecular formula is C12H16N2O. The Morgan fingerprint density at radius 2 is 2.40 bits per heavy atom. The number of allylic oxidation sites excluding steroid dienone is 2. The maximum absolute atomic E-state index is 11.2. The van der Waals surface area contributed by atoms with Gasteiger partial charge in [0.1, 0.15) is 0 Å². The average Bonchev–Trinajstić information content (AvgIpc) is 2.62. The highest BCUT2D eigenvalue weighted by molar-refractivity contribution is 5.90. The molecular weight excluding hydrogens is 188 g/mol. The zero-order chi connectivity index (χ0) is 11.3. The molecule has 3 nitrogen and oxygen atoms in total. The van der Waals surface area contributed by atoms with Gasteiger partial charge in [-0.25, -0.2) is 4.98 Å². The number of imidazole rings is 1. The average molecular weight is 204 g/mol. The molecule has 0 atom stereocenters. The SMILES string of the molecule is C=CCCC(=C)Cn1ccnc1C(C)=O. The zero-order valence-corrected chi connectivity index (χ0v) is 9.07. The van der Waals surface area contributed by atoms with E-state index in [0.717, 1.165) is 18.4 Å². The maximum atomic E-state index is 11.2. The monoisotopic (exact) mass is 204 g/mol. The number of carbonyl (C=O) groups is 1. The van der Waals surface area contributed by atoms with Crippen molar-refractivity contribution < 1.29 is 4.79 Å². The molecule has 1 heterocycles. The van der Waals surface area contributed by atoms with Gasteiger partial charge in [-0.3, -0.25) is 4.79 Å². The molecule has 0 aliphatic rings. The molecule has 3 heteroatoms. The molecule has 0 aliphatic heterocycles. The largest absolute Gasteiger partial charge is 0.324 e. The maximum Gasteiger partial charge on any atom is 0.195 e. The molecule has 0 N–H and O–H groups in total. The van der Waals surface area contributed by atoms with Gasteiger partial charge in [0.05, 0.1) is 0 Å². The van der Waals surface area contributed by atoms with Crippen LogP contribution in [0.2, 0.25) is 0 Å². The fourth-order valence-corrected chi connectivity index (χ4v) is 1.38. The Morgan fingerprint density at radius 3 is 3.00 bits per heavy atom. The van der Waals surface area contributed by atoms with Crippen LogP contribution in [-0.4, -0.2) is 15.3 Å². The van der Waals surface area contributed by atoms with Crippen molar-refractivity contribution >= 4 is 5.78 Å². The minimum absolute atomic E-state index is 0.0171. The lowest BCUT2D eigenvalue weighted by molar-refractivity contribution is 0.1000. The molecule has 0 saturated heterocycles. The van der Waals surface area contributed by atoms with Crippen LogP contribution in [0.25, 0.3) is 0 Å². The van der Waals surface area contributed by atoms with E-state index in [1.807, 2.05) is 10.6 Å². The molecule has 1 rings (SSSR count). The topological polar surface area (TPSA) is 34.9 Å². The molecule has 0 radical (unpaired) electrons. The Bertz CT molecular complexity index is 377. The van der Waals surface area contributed by atoms with Crippen LogP contribution in [0.3, 0.4) is 0 Å². The van der Waals surface area contributed by atoms with Gasteiger partial charge in [-0.2, -0.15) is 0 Å². The fourth-order valence-electron chi connectivity index (χ4n) is 1.38. The van der Waals surface area contributed by atoms with Crippen molar-refractivity contribution in [1.82, 2.24) is 9.55 Å². The Hall–Kier alpha value is -1.64. The van der Waals surface area contributed by atoms with Gasteiger partial charge in [-0.15, -0.1) is 6.58 Å². The molecule has 1 aromatic rings. The van der Waals surface area contributed by atoms with Crippen molar-refractivity contribution in [2.75, 3.05) is 0 Å². The number of Topliss-reactive ketones (excluding diaryl/α,β-unsaturated/α-hetero) is 1. The third-order valence-electron chi connectivity index (χ3n) is 2.13. The molecule has 0 aromatic carbocycles. The Labute approximate surface area is 90.1 Å². The first kappa shape index (κ1) is 11.4.